The number of hydrogen-bond donors (Lipinski definition) is 1. The third kappa shape index (κ3) is 7.17. The number of hydrogen-bond acceptors (Lipinski definition) is 4. The third-order valence-electron chi connectivity index (χ3n) is 4.76. The number of ether oxygens (including phenoxy) is 3. The highest BCUT2D eigenvalue weighted by atomic mass is 35.5. The van der Waals surface area contributed by atoms with Crippen LogP contribution in [0.3, 0.4) is 0 Å². The van der Waals surface area contributed by atoms with Gasteiger partial charge in [-0.1, -0.05) is 36.0 Å². The molecule has 1 fully saturated rings. The molecule has 2 aromatic rings. The monoisotopic (exact) mass is 423 g/mol. The lowest BCUT2D eigenvalue weighted by Crippen LogP contribution is -2.29. The van der Waals surface area contributed by atoms with Gasteiger partial charge in [-0.05, 0) is 55.3 Å². The van der Waals surface area contributed by atoms with Gasteiger partial charge in [0, 0.05) is 28.2 Å². The molecule has 2 aromatic carbocycles. The van der Waals surface area contributed by atoms with E-state index in [0.29, 0.717) is 35.9 Å². The molecular formula is C22H27Cl2NO3. The van der Waals surface area contributed by atoms with Crippen LogP contribution in [0, 0.1) is 0 Å². The van der Waals surface area contributed by atoms with Gasteiger partial charge in [-0.25, -0.2) is 0 Å². The summed E-state index contributed by atoms with van der Waals surface area (Å²) in [6.45, 7) is 3.11. The van der Waals surface area contributed by atoms with E-state index in [9.17, 15) is 0 Å². The highest BCUT2D eigenvalue weighted by Gasteiger charge is 2.13. The molecule has 0 spiro atoms. The van der Waals surface area contributed by atoms with E-state index in [2.05, 4.69) is 5.32 Å². The van der Waals surface area contributed by atoms with Crippen LogP contribution in [0.1, 0.15) is 31.2 Å². The van der Waals surface area contributed by atoms with Crippen molar-refractivity contribution in [3.8, 4) is 11.5 Å². The van der Waals surface area contributed by atoms with E-state index >= 15 is 0 Å². The maximum atomic E-state index is 6.15. The second kappa shape index (κ2) is 11.5. The second-order valence-corrected chi connectivity index (χ2v) is 7.74. The Balaban J connectivity index is 1.29. The van der Waals surface area contributed by atoms with E-state index in [1.807, 2.05) is 30.3 Å². The minimum Gasteiger partial charge on any atom is -0.491 e. The van der Waals surface area contributed by atoms with Crippen molar-refractivity contribution in [1.82, 2.24) is 5.32 Å². The lowest BCUT2D eigenvalue weighted by molar-refractivity contribution is 0.100. The van der Waals surface area contributed by atoms with E-state index in [-0.39, 0.29) is 0 Å². The molecule has 0 heterocycles. The molecule has 0 atom stereocenters. The Kier molecular flexibility index (Phi) is 8.74. The summed E-state index contributed by atoms with van der Waals surface area (Å²) in [6.07, 6.45) is 5.30. The highest BCUT2D eigenvalue weighted by molar-refractivity contribution is 6.33. The smallest absolute Gasteiger partial charge is 0.120 e. The Bertz CT molecular complexity index is 718. The lowest BCUT2D eigenvalue weighted by Gasteiger charge is -2.12. The van der Waals surface area contributed by atoms with E-state index in [1.165, 1.54) is 25.7 Å². The maximum absolute atomic E-state index is 6.15. The van der Waals surface area contributed by atoms with Crippen LogP contribution in [0.2, 0.25) is 10.0 Å². The molecule has 3 rings (SSSR count). The normalized spacial score (nSPS) is 14.4. The Morgan fingerprint density at radius 2 is 1.57 bits per heavy atom. The van der Waals surface area contributed by atoms with Crippen molar-refractivity contribution in [2.24, 2.45) is 0 Å². The van der Waals surface area contributed by atoms with Gasteiger partial charge in [0.25, 0.3) is 0 Å². The van der Waals surface area contributed by atoms with Crippen molar-refractivity contribution >= 4 is 23.2 Å². The zero-order chi connectivity index (χ0) is 19.6. The predicted octanol–water partition coefficient (Wildman–Crippen LogP) is 5.50. The topological polar surface area (TPSA) is 39.7 Å². The maximum Gasteiger partial charge on any atom is 0.120 e. The van der Waals surface area contributed by atoms with Crippen molar-refractivity contribution in [1.29, 1.82) is 0 Å². The number of rotatable bonds is 11. The summed E-state index contributed by atoms with van der Waals surface area (Å²) in [7, 11) is 0. The lowest BCUT2D eigenvalue weighted by atomic mass is 10.2. The van der Waals surface area contributed by atoms with Crippen LogP contribution in [-0.4, -0.2) is 32.4 Å². The Morgan fingerprint density at radius 3 is 2.32 bits per heavy atom. The second-order valence-electron chi connectivity index (χ2n) is 6.89. The molecule has 152 valence electrons. The molecule has 0 unspecified atom stereocenters. The Labute approximate surface area is 177 Å². The van der Waals surface area contributed by atoms with Crippen molar-refractivity contribution < 1.29 is 14.2 Å². The van der Waals surface area contributed by atoms with E-state index in [1.54, 1.807) is 12.1 Å². The first-order valence-corrected chi connectivity index (χ1v) is 10.6. The fourth-order valence-electron chi connectivity index (χ4n) is 3.23. The predicted molar refractivity (Wildman–Crippen MR) is 114 cm³/mol. The summed E-state index contributed by atoms with van der Waals surface area (Å²) in [5, 5.41) is 4.81. The molecule has 1 saturated carbocycles. The average Bonchev–Trinajstić information content (AvgIpc) is 3.22. The van der Waals surface area contributed by atoms with Crippen LogP contribution in [0.25, 0.3) is 0 Å². The van der Waals surface area contributed by atoms with Crippen LogP contribution >= 0.6 is 23.2 Å². The van der Waals surface area contributed by atoms with Gasteiger partial charge in [0.1, 0.15) is 24.7 Å². The van der Waals surface area contributed by atoms with Gasteiger partial charge in [0.2, 0.25) is 0 Å². The summed E-state index contributed by atoms with van der Waals surface area (Å²) in [4.78, 5) is 0. The molecule has 4 nitrogen and oxygen atoms in total. The van der Waals surface area contributed by atoms with Crippen molar-refractivity contribution in [3.05, 3.63) is 58.1 Å². The molecule has 1 N–H and O–H groups in total. The molecule has 0 bridgehead atoms. The quantitative estimate of drug-likeness (QED) is 0.484. The summed E-state index contributed by atoms with van der Waals surface area (Å²) in [5.41, 5.74) is 0.856. The number of halogens is 2. The fourth-order valence-corrected chi connectivity index (χ4v) is 3.60. The van der Waals surface area contributed by atoms with Crippen molar-refractivity contribution in [3.63, 3.8) is 0 Å². The molecule has 1 aliphatic carbocycles. The first kappa shape index (κ1) is 21.3. The minimum absolute atomic E-state index is 0.363. The molecule has 0 aromatic heterocycles. The van der Waals surface area contributed by atoms with Crippen LogP contribution in [0.15, 0.2) is 42.5 Å². The van der Waals surface area contributed by atoms with Gasteiger partial charge in [0.05, 0.1) is 13.2 Å². The molecule has 0 aliphatic heterocycles. The molecule has 28 heavy (non-hydrogen) atoms. The Hall–Kier alpha value is -1.46. The highest BCUT2D eigenvalue weighted by Crippen LogP contribution is 2.23. The summed E-state index contributed by atoms with van der Waals surface area (Å²) in [6, 6.07) is 13.6. The van der Waals surface area contributed by atoms with E-state index < -0.39 is 0 Å². The van der Waals surface area contributed by atoms with Crippen molar-refractivity contribution in [2.45, 2.75) is 38.3 Å². The van der Waals surface area contributed by atoms with Gasteiger partial charge >= 0.3 is 0 Å². The van der Waals surface area contributed by atoms with Crippen LogP contribution in [0.4, 0.5) is 0 Å². The summed E-state index contributed by atoms with van der Waals surface area (Å²) < 4.78 is 17.1. The summed E-state index contributed by atoms with van der Waals surface area (Å²) in [5.74, 6) is 1.54. The molecule has 0 saturated heterocycles. The van der Waals surface area contributed by atoms with Gasteiger partial charge in [-0.15, -0.1) is 0 Å². The Morgan fingerprint density at radius 1 is 0.857 bits per heavy atom. The minimum atomic E-state index is 0.363. The van der Waals surface area contributed by atoms with Crippen LogP contribution in [-0.2, 0) is 11.3 Å². The molecule has 6 heteroatoms. The molecule has 0 amide bonds. The first-order chi connectivity index (χ1) is 13.7. The zero-order valence-electron chi connectivity index (χ0n) is 16.0. The standard InChI is InChI=1S/C22H27Cl2NO3/c23-18-5-10-22(24)17(15-18)16-28-21-8-6-20(7-9-21)27-14-13-26-12-11-25-19-3-1-2-4-19/h5-10,15,19,25H,1-4,11-14,16H2. The van der Waals surface area contributed by atoms with Crippen molar-refractivity contribution in [2.75, 3.05) is 26.4 Å². The van der Waals surface area contributed by atoms with Gasteiger partial charge in [-0.2, -0.15) is 0 Å². The third-order valence-corrected chi connectivity index (χ3v) is 5.36. The average molecular weight is 424 g/mol. The van der Waals surface area contributed by atoms with Crippen LogP contribution < -0.4 is 14.8 Å². The molecule has 0 radical (unpaired) electrons. The largest absolute Gasteiger partial charge is 0.491 e. The SMILES string of the molecule is Clc1ccc(Cl)c(COc2ccc(OCCOCCNC3CCCC3)cc2)c1. The number of benzene rings is 2. The first-order valence-electron chi connectivity index (χ1n) is 9.81. The van der Waals surface area contributed by atoms with E-state index in [0.717, 1.165) is 30.2 Å². The van der Waals surface area contributed by atoms with Crippen LogP contribution in [0.5, 0.6) is 11.5 Å². The number of nitrogens with one attached hydrogen (secondary N) is 1. The van der Waals surface area contributed by atoms with Gasteiger partial charge in [-0.3, -0.25) is 0 Å². The molecule has 1 aliphatic rings. The molecular weight excluding hydrogens is 397 g/mol. The fraction of sp³-hybridized carbons (Fsp3) is 0.455. The summed E-state index contributed by atoms with van der Waals surface area (Å²) >= 11 is 12.1. The zero-order valence-corrected chi connectivity index (χ0v) is 17.5. The van der Waals surface area contributed by atoms with E-state index in [4.69, 9.17) is 37.4 Å². The van der Waals surface area contributed by atoms with Gasteiger partial charge in [0.15, 0.2) is 0 Å². The van der Waals surface area contributed by atoms with Gasteiger partial charge < -0.3 is 19.5 Å².